The third-order valence-electron chi connectivity index (χ3n) is 5.31. The zero-order valence-corrected chi connectivity index (χ0v) is 23.6. The van der Waals surface area contributed by atoms with Crippen LogP contribution in [0, 0.1) is 0 Å². The van der Waals surface area contributed by atoms with Gasteiger partial charge in [-0.05, 0) is 71.0 Å². The average Bonchev–Trinajstić information content (AvgIpc) is 3.53. The van der Waals surface area contributed by atoms with E-state index in [1.165, 1.54) is 22.7 Å². The van der Waals surface area contributed by atoms with Crippen LogP contribution in [-0.2, 0) is 14.1 Å². The van der Waals surface area contributed by atoms with Crippen LogP contribution >= 0.6 is 22.7 Å². The summed E-state index contributed by atoms with van der Waals surface area (Å²) < 4.78 is 15.6. The number of hydrogen-bond acceptors (Lipinski definition) is 10. The largest absolute Gasteiger partial charge is 0.492 e. The maximum absolute atomic E-state index is 5.85. The highest BCUT2D eigenvalue weighted by molar-refractivity contribution is 7.13. The number of azo groups is 2. The highest BCUT2D eigenvalue weighted by atomic mass is 32.1. The number of hydrogen-bond donors (Lipinski definition) is 2. The Bertz CT molecular complexity index is 1290. The van der Waals surface area contributed by atoms with Crippen molar-refractivity contribution in [1.82, 2.24) is 0 Å². The summed E-state index contributed by atoms with van der Waals surface area (Å²) in [4.78, 5) is 0. The Labute approximate surface area is 230 Å². The Morgan fingerprint density at radius 2 is 1.13 bits per heavy atom. The Kier molecular flexibility index (Phi) is 9.71. The van der Waals surface area contributed by atoms with Crippen molar-refractivity contribution in [3.63, 3.8) is 0 Å². The van der Waals surface area contributed by atoms with Crippen molar-refractivity contribution in [2.45, 2.75) is 13.8 Å². The van der Waals surface area contributed by atoms with Gasteiger partial charge in [-0.2, -0.15) is 0 Å². The van der Waals surface area contributed by atoms with E-state index in [0.29, 0.717) is 26.3 Å². The Hall–Kier alpha value is -3.90. The monoisotopic (exact) mass is 552 g/mol. The molecule has 0 radical (unpaired) electrons. The van der Waals surface area contributed by atoms with E-state index in [-0.39, 0.29) is 0 Å². The number of benzene rings is 2. The first kappa shape index (κ1) is 27.1. The van der Waals surface area contributed by atoms with Gasteiger partial charge in [-0.3, -0.25) is 0 Å². The number of aryl methyl sites for hydroxylation is 2. The molecule has 198 valence electrons. The van der Waals surface area contributed by atoms with E-state index < -0.39 is 0 Å². The number of anilines is 2. The first-order valence-electron chi connectivity index (χ1n) is 12.3. The summed E-state index contributed by atoms with van der Waals surface area (Å²) in [7, 11) is 3.89. The molecule has 0 aliphatic rings. The number of ether oxygens (including phenoxy) is 2. The number of nitrogens with zero attached hydrogens (tertiary/aromatic N) is 6. The molecule has 2 aromatic carbocycles. The van der Waals surface area contributed by atoms with Crippen LogP contribution in [0.2, 0.25) is 0 Å². The number of thiazole rings is 2. The van der Waals surface area contributed by atoms with Crippen LogP contribution < -0.4 is 29.2 Å². The maximum atomic E-state index is 5.85. The van der Waals surface area contributed by atoms with Crippen LogP contribution in [0.1, 0.15) is 13.8 Å². The van der Waals surface area contributed by atoms with E-state index in [2.05, 4.69) is 31.1 Å². The predicted octanol–water partition coefficient (Wildman–Crippen LogP) is 6.61. The normalized spacial score (nSPS) is 11.4. The second kappa shape index (κ2) is 13.6. The zero-order chi connectivity index (χ0) is 26.7. The van der Waals surface area contributed by atoms with Crippen LogP contribution in [0.5, 0.6) is 11.5 Å². The van der Waals surface area contributed by atoms with Gasteiger partial charge in [0, 0.05) is 36.0 Å². The lowest BCUT2D eigenvalue weighted by atomic mass is 10.2. The summed E-state index contributed by atoms with van der Waals surface area (Å²) in [5, 5.41) is 29.9. The number of rotatable bonds is 13. The fraction of sp³-hybridized carbons (Fsp3) is 0.308. The van der Waals surface area contributed by atoms with E-state index >= 15 is 0 Å². The van der Waals surface area contributed by atoms with Crippen LogP contribution in [0.15, 0.2) is 80.0 Å². The molecule has 0 aliphatic heterocycles. The lowest BCUT2D eigenvalue weighted by Crippen LogP contribution is -2.23. The second-order valence-corrected chi connectivity index (χ2v) is 9.82. The summed E-state index contributed by atoms with van der Waals surface area (Å²) in [5.41, 5.74) is 3.27. The van der Waals surface area contributed by atoms with Crippen molar-refractivity contribution >= 4 is 55.7 Å². The van der Waals surface area contributed by atoms with Gasteiger partial charge in [0.15, 0.2) is 0 Å². The van der Waals surface area contributed by atoms with Gasteiger partial charge < -0.3 is 20.1 Å². The van der Waals surface area contributed by atoms with Gasteiger partial charge in [-0.1, -0.05) is 0 Å². The SMILES string of the molecule is CCOc1cc(N=Nc2scc[n+]2C)ccc1NCCNc1ccc(N=Nc2scc[n+]2C)cc1OCC. The molecule has 10 nitrogen and oxygen atoms in total. The van der Waals surface area contributed by atoms with Crippen LogP contribution in [-0.4, -0.2) is 26.3 Å². The van der Waals surface area contributed by atoms with E-state index in [1.54, 1.807) is 0 Å². The Morgan fingerprint density at radius 1 is 0.684 bits per heavy atom. The highest BCUT2D eigenvalue weighted by Crippen LogP contribution is 2.32. The minimum Gasteiger partial charge on any atom is -0.492 e. The third kappa shape index (κ3) is 7.33. The minimum absolute atomic E-state index is 0.555. The summed E-state index contributed by atoms with van der Waals surface area (Å²) in [6.07, 6.45) is 3.91. The van der Waals surface area contributed by atoms with Gasteiger partial charge in [0.25, 0.3) is 0 Å². The molecular formula is C26H32N8O2S2+2. The van der Waals surface area contributed by atoms with Gasteiger partial charge in [0.05, 0.1) is 48.9 Å². The van der Waals surface area contributed by atoms with Gasteiger partial charge in [0.2, 0.25) is 0 Å². The zero-order valence-electron chi connectivity index (χ0n) is 21.9. The predicted molar refractivity (Wildman–Crippen MR) is 152 cm³/mol. The van der Waals surface area contributed by atoms with Crippen molar-refractivity contribution in [2.75, 3.05) is 36.9 Å². The van der Waals surface area contributed by atoms with E-state index in [9.17, 15) is 0 Å². The summed E-state index contributed by atoms with van der Waals surface area (Å²) in [6.45, 7) is 6.38. The number of aromatic nitrogens is 2. The first-order valence-corrected chi connectivity index (χ1v) is 14.0. The van der Waals surface area contributed by atoms with E-state index in [4.69, 9.17) is 9.47 Å². The van der Waals surface area contributed by atoms with E-state index in [1.807, 2.05) is 96.6 Å². The smallest absolute Gasteiger partial charge is 0.408 e. The average molecular weight is 553 g/mol. The van der Waals surface area contributed by atoms with Crippen molar-refractivity contribution < 1.29 is 18.6 Å². The van der Waals surface area contributed by atoms with Crippen LogP contribution in [0.4, 0.5) is 33.0 Å². The quantitative estimate of drug-likeness (QED) is 0.111. The van der Waals surface area contributed by atoms with Crippen LogP contribution in [0.25, 0.3) is 0 Å². The molecule has 0 bridgehead atoms. The molecule has 0 aliphatic carbocycles. The molecule has 0 fully saturated rings. The van der Waals surface area contributed by atoms with Gasteiger partial charge >= 0.3 is 10.3 Å². The molecule has 2 heterocycles. The lowest BCUT2D eigenvalue weighted by molar-refractivity contribution is -0.654. The fourth-order valence-corrected chi connectivity index (χ4v) is 4.79. The van der Waals surface area contributed by atoms with Crippen molar-refractivity contribution in [1.29, 1.82) is 0 Å². The standard InChI is InChI=1S/C26H30N8O2S2/c1-5-35-23-17-19(29-31-25-33(3)13-15-37-25)7-9-21(23)27-11-12-28-22-10-8-20(18-24(22)36-6-2)30-32-26-34(4)14-16-38-26/h7-10,13-18H,5-6,11-12H2,1-4H3/p+2. The molecule has 0 saturated carbocycles. The molecule has 2 aromatic heterocycles. The van der Waals surface area contributed by atoms with Crippen molar-refractivity contribution in [2.24, 2.45) is 34.6 Å². The fourth-order valence-electron chi connectivity index (χ4n) is 3.43. The summed E-state index contributed by atoms with van der Waals surface area (Å²) >= 11 is 3.08. The Morgan fingerprint density at radius 3 is 1.50 bits per heavy atom. The molecule has 0 unspecified atom stereocenters. The summed E-state index contributed by atoms with van der Waals surface area (Å²) in [6, 6.07) is 11.6. The lowest BCUT2D eigenvalue weighted by Gasteiger charge is -2.15. The van der Waals surface area contributed by atoms with Gasteiger partial charge in [0.1, 0.15) is 35.3 Å². The van der Waals surface area contributed by atoms with Gasteiger partial charge in [-0.15, -0.1) is 0 Å². The molecule has 0 saturated heterocycles. The van der Waals surface area contributed by atoms with Crippen molar-refractivity contribution in [3.05, 3.63) is 59.6 Å². The van der Waals surface area contributed by atoms with Crippen LogP contribution in [0.3, 0.4) is 0 Å². The molecular weight excluding hydrogens is 520 g/mol. The highest BCUT2D eigenvalue weighted by Gasteiger charge is 2.11. The maximum Gasteiger partial charge on any atom is 0.408 e. The van der Waals surface area contributed by atoms with Gasteiger partial charge in [-0.25, -0.2) is 9.13 Å². The topological polar surface area (TPSA) is 99.7 Å². The first-order chi connectivity index (χ1) is 18.6. The third-order valence-corrected chi connectivity index (χ3v) is 6.98. The summed E-state index contributed by atoms with van der Waals surface area (Å²) in [5.74, 6) is 1.48. The molecule has 0 atom stereocenters. The molecule has 0 amide bonds. The second-order valence-electron chi connectivity index (χ2n) is 8.07. The molecule has 4 aromatic rings. The Balaban J connectivity index is 1.36. The minimum atomic E-state index is 0.555. The molecule has 4 rings (SSSR count). The molecule has 38 heavy (non-hydrogen) atoms. The molecule has 0 spiro atoms. The van der Waals surface area contributed by atoms with E-state index in [0.717, 1.165) is 44.5 Å². The van der Waals surface area contributed by atoms with Crippen molar-refractivity contribution in [3.8, 4) is 11.5 Å². The number of nitrogens with one attached hydrogen (secondary N) is 2. The molecule has 2 N–H and O–H groups in total. The molecule has 12 heteroatoms.